The van der Waals surface area contributed by atoms with Crippen molar-refractivity contribution in [3.05, 3.63) is 54.4 Å². The first kappa shape index (κ1) is 18.7. The topological polar surface area (TPSA) is 124 Å². The summed E-state index contributed by atoms with van der Waals surface area (Å²) >= 11 is 0. The highest BCUT2D eigenvalue weighted by atomic mass is 16.5. The Balaban J connectivity index is 1.31. The molecule has 4 aromatic heterocycles. The van der Waals surface area contributed by atoms with E-state index in [4.69, 9.17) is 10.5 Å². The Hall–Kier alpha value is -3.01. The van der Waals surface area contributed by atoms with Gasteiger partial charge in [-0.2, -0.15) is 0 Å². The lowest BCUT2D eigenvalue weighted by molar-refractivity contribution is -0.0309. The molecule has 31 heavy (non-hydrogen) atoms. The molecule has 2 fully saturated rings. The van der Waals surface area contributed by atoms with Gasteiger partial charge in [0.25, 0.3) is 0 Å². The predicted molar refractivity (Wildman–Crippen MR) is 113 cm³/mol. The number of hydrogen-bond donors (Lipinski definition) is 3. The second kappa shape index (κ2) is 6.49. The number of aliphatic hydroxyl groups excluding tert-OH is 2. The van der Waals surface area contributed by atoms with Crippen LogP contribution >= 0.6 is 0 Å². The van der Waals surface area contributed by atoms with Gasteiger partial charge in [-0.1, -0.05) is 0 Å². The molecule has 4 N–H and O–H groups in total. The zero-order valence-electron chi connectivity index (χ0n) is 17.1. The fraction of sp³-hybridized carbons (Fsp3) is 0.409. The summed E-state index contributed by atoms with van der Waals surface area (Å²) < 4.78 is 10.1. The van der Waals surface area contributed by atoms with Crippen LogP contribution in [0.5, 0.6) is 0 Å². The Morgan fingerprint density at radius 2 is 2.06 bits per heavy atom. The number of hydrogen-bond acceptors (Lipinski definition) is 7. The molecule has 5 heterocycles. The van der Waals surface area contributed by atoms with Gasteiger partial charge in [-0.25, -0.2) is 15.0 Å². The number of nitrogens with two attached hydrogens (primary N) is 1. The van der Waals surface area contributed by atoms with Gasteiger partial charge in [-0.3, -0.25) is 0 Å². The summed E-state index contributed by atoms with van der Waals surface area (Å²) in [7, 11) is 0. The van der Waals surface area contributed by atoms with E-state index in [-0.39, 0.29) is 12.1 Å². The van der Waals surface area contributed by atoms with Crippen LogP contribution < -0.4 is 5.73 Å². The summed E-state index contributed by atoms with van der Waals surface area (Å²) in [6.07, 6.45) is 6.50. The predicted octanol–water partition coefficient (Wildman–Crippen LogP) is 1.78. The summed E-state index contributed by atoms with van der Waals surface area (Å²) in [5, 5.41) is 22.8. The Kier molecular flexibility index (Phi) is 3.92. The SMILES string of the molecule is Cc1cn2ccc(C3CC4(CO3)CC(n3ccc5c(N)ncnc53)C(O)C4O)cc2n1. The molecule has 0 aromatic carbocycles. The molecular weight excluding hydrogens is 396 g/mol. The van der Waals surface area contributed by atoms with Gasteiger partial charge in [0.1, 0.15) is 29.5 Å². The van der Waals surface area contributed by atoms with Crippen molar-refractivity contribution in [2.75, 3.05) is 12.3 Å². The quantitative estimate of drug-likeness (QED) is 0.452. The van der Waals surface area contributed by atoms with E-state index < -0.39 is 17.6 Å². The van der Waals surface area contributed by atoms with Crippen molar-refractivity contribution in [2.24, 2.45) is 5.41 Å². The number of rotatable bonds is 2. The van der Waals surface area contributed by atoms with Gasteiger partial charge >= 0.3 is 0 Å². The molecule has 5 unspecified atom stereocenters. The second-order valence-corrected chi connectivity index (χ2v) is 8.90. The normalized spacial score (nSPS) is 30.8. The molecule has 2 aliphatic rings. The van der Waals surface area contributed by atoms with E-state index in [1.165, 1.54) is 6.33 Å². The molecule has 9 heteroatoms. The lowest BCUT2D eigenvalue weighted by Gasteiger charge is -2.26. The Bertz CT molecular complexity index is 1300. The van der Waals surface area contributed by atoms with E-state index in [0.29, 0.717) is 30.9 Å². The van der Waals surface area contributed by atoms with E-state index >= 15 is 0 Å². The summed E-state index contributed by atoms with van der Waals surface area (Å²) in [4.78, 5) is 12.9. The molecule has 1 aliphatic carbocycles. The van der Waals surface area contributed by atoms with Crippen molar-refractivity contribution in [1.82, 2.24) is 23.9 Å². The monoisotopic (exact) mass is 420 g/mol. The lowest BCUT2D eigenvalue weighted by atomic mass is 9.80. The average molecular weight is 420 g/mol. The average Bonchev–Trinajstić information content (AvgIpc) is 3.50. The minimum Gasteiger partial charge on any atom is -0.390 e. The molecule has 1 saturated carbocycles. The standard InChI is InChI=1S/C22H24N6O3/c1-12-9-27-4-2-13(6-17(27)26-12)16-8-22(10-31-16)7-15(18(29)19(22)30)28-5-3-14-20(23)24-11-25-21(14)28/h2-6,9,11,15-16,18-19,29-30H,7-8,10H2,1H3,(H2,23,24,25). The van der Waals surface area contributed by atoms with Gasteiger partial charge in [0.05, 0.1) is 35.9 Å². The molecule has 1 spiro atoms. The maximum absolute atomic E-state index is 11.1. The highest BCUT2D eigenvalue weighted by molar-refractivity contribution is 5.86. The van der Waals surface area contributed by atoms with Crippen LogP contribution in [-0.4, -0.2) is 52.9 Å². The molecule has 0 amide bonds. The molecule has 0 bridgehead atoms. The number of nitrogen functional groups attached to an aromatic ring is 1. The smallest absolute Gasteiger partial charge is 0.145 e. The zero-order valence-corrected chi connectivity index (χ0v) is 17.1. The number of ether oxygens (including phenoxy) is 1. The number of aliphatic hydroxyl groups is 2. The van der Waals surface area contributed by atoms with E-state index in [1.807, 2.05) is 52.7 Å². The van der Waals surface area contributed by atoms with Crippen LogP contribution in [-0.2, 0) is 4.74 Å². The van der Waals surface area contributed by atoms with Crippen molar-refractivity contribution >= 4 is 22.5 Å². The van der Waals surface area contributed by atoms with Crippen molar-refractivity contribution in [3.63, 3.8) is 0 Å². The summed E-state index contributed by atoms with van der Waals surface area (Å²) in [5.74, 6) is 0.403. The van der Waals surface area contributed by atoms with Crippen molar-refractivity contribution in [1.29, 1.82) is 0 Å². The minimum atomic E-state index is -0.924. The fourth-order valence-corrected chi connectivity index (χ4v) is 5.39. The molecule has 1 saturated heterocycles. The Morgan fingerprint density at radius 1 is 1.19 bits per heavy atom. The number of pyridine rings is 1. The highest BCUT2D eigenvalue weighted by Crippen LogP contribution is 2.54. The number of anilines is 1. The van der Waals surface area contributed by atoms with Crippen LogP contribution in [0.4, 0.5) is 5.82 Å². The Morgan fingerprint density at radius 3 is 2.94 bits per heavy atom. The van der Waals surface area contributed by atoms with Gasteiger partial charge in [0.15, 0.2) is 0 Å². The molecule has 4 aromatic rings. The fourth-order valence-electron chi connectivity index (χ4n) is 5.39. The third-order valence-corrected chi connectivity index (χ3v) is 7.00. The number of nitrogens with zero attached hydrogens (tertiary/aromatic N) is 5. The molecule has 1 aliphatic heterocycles. The molecule has 9 nitrogen and oxygen atoms in total. The van der Waals surface area contributed by atoms with Gasteiger partial charge in [-0.15, -0.1) is 0 Å². The molecule has 0 radical (unpaired) electrons. The second-order valence-electron chi connectivity index (χ2n) is 8.90. The van der Waals surface area contributed by atoms with Crippen molar-refractivity contribution < 1.29 is 14.9 Å². The van der Waals surface area contributed by atoms with E-state index in [2.05, 4.69) is 15.0 Å². The van der Waals surface area contributed by atoms with Crippen LogP contribution in [0.1, 0.15) is 36.2 Å². The molecule has 5 atom stereocenters. The first-order valence-corrected chi connectivity index (χ1v) is 10.5. The maximum atomic E-state index is 11.1. The zero-order chi connectivity index (χ0) is 21.3. The minimum absolute atomic E-state index is 0.151. The van der Waals surface area contributed by atoms with Crippen LogP contribution in [0.15, 0.2) is 43.1 Å². The molecule has 6 rings (SSSR count). The van der Waals surface area contributed by atoms with Crippen molar-refractivity contribution in [3.8, 4) is 0 Å². The van der Waals surface area contributed by atoms with Crippen LogP contribution in [0.3, 0.4) is 0 Å². The van der Waals surface area contributed by atoms with Gasteiger partial charge in [0.2, 0.25) is 0 Å². The van der Waals surface area contributed by atoms with Crippen LogP contribution in [0.25, 0.3) is 16.7 Å². The summed E-state index contributed by atoms with van der Waals surface area (Å²) in [6, 6.07) is 5.60. The van der Waals surface area contributed by atoms with Crippen LogP contribution in [0.2, 0.25) is 0 Å². The number of aromatic nitrogens is 5. The van der Waals surface area contributed by atoms with Crippen LogP contribution in [0, 0.1) is 12.3 Å². The molecule has 160 valence electrons. The molecular formula is C22H24N6O3. The number of fused-ring (bicyclic) bond motifs is 2. The van der Waals surface area contributed by atoms with Gasteiger partial charge < -0.3 is 29.7 Å². The lowest BCUT2D eigenvalue weighted by Crippen LogP contribution is -2.37. The Labute approximate surface area is 178 Å². The number of aryl methyl sites for hydroxylation is 1. The third-order valence-electron chi connectivity index (χ3n) is 7.00. The van der Waals surface area contributed by atoms with Gasteiger partial charge in [0, 0.05) is 24.0 Å². The van der Waals surface area contributed by atoms with Crippen molar-refractivity contribution in [2.45, 2.75) is 44.1 Å². The summed E-state index contributed by atoms with van der Waals surface area (Å²) in [5.41, 5.74) is 8.97. The first-order valence-electron chi connectivity index (χ1n) is 10.5. The first-order chi connectivity index (χ1) is 14.9. The van der Waals surface area contributed by atoms with E-state index in [1.54, 1.807) is 0 Å². The summed E-state index contributed by atoms with van der Waals surface area (Å²) in [6.45, 7) is 2.36. The largest absolute Gasteiger partial charge is 0.390 e. The third kappa shape index (κ3) is 2.70. The highest BCUT2D eigenvalue weighted by Gasteiger charge is 2.57. The number of imidazole rings is 1. The van der Waals surface area contributed by atoms with E-state index in [9.17, 15) is 10.2 Å². The van der Waals surface area contributed by atoms with Gasteiger partial charge in [-0.05, 0) is 43.5 Å². The maximum Gasteiger partial charge on any atom is 0.145 e. The van der Waals surface area contributed by atoms with E-state index in [0.717, 1.165) is 22.3 Å².